The van der Waals surface area contributed by atoms with Gasteiger partial charge in [-0.2, -0.15) is 4.98 Å². The zero-order valence-electron chi connectivity index (χ0n) is 12.1. The summed E-state index contributed by atoms with van der Waals surface area (Å²) >= 11 is 0. The van der Waals surface area contributed by atoms with E-state index in [1.165, 1.54) is 7.11 Å². The highest BCUT2D eigenvalue weighted by Gasteiger charge is 2.34. The molecule has 1 aliphatic rings. The van der Waals surface area contributed by atoms with Gasteiger partial charge < -0.3 is 19.4 Å². The van der Waals surface area contributed by atoms with E-state index in [0.717, 1.165) is 6.42 Å². The van der Waals surface area contributed by atoms with Gasteiger partial charge in [0, 0.05) is 12.7 Å². The molecule has 3 heterocycles. The first-order chi connectivity index (χ1) is 10.7. The Morgan fingerprint density at radius 2 is 2.41 bits per heavy atom. The van der Waals surface area contributed by atoms with Crippen molar-refractivity contribution in [3.8, 4) is 0 Å². The van der Waals surface area contributed by atoms with E-state index in [-0.39, 0.29) is 12.5 Å². The first-order valence-corrected chi connectivity index (χ1v) is 7.02. The Morgan fingerprint density at radius 3 is 3.18 bits per heavy atom. The van der Waals surface area contributed by atoms with Crippen LogP contribution < -0.4 is 10.2 Å². The number of nitrogens with one attached hydrogen (secondary N) is 1. The van der Waals surface area contributed by atoms with Crippen molar-refractivity contribution in [3.05, 3.63) is 18.3 Å². The highest BCUT2D eigenvalue weighted by molar-refractivity contribution is 5.88. The molecule has 1 N–H and O–H groups in total. The van der Waals surface area contributed by atoms with E-state index in [1.807, 2.05) is 0 Å². The molecule has 116 valence electrons. The molecule has 1 atom stereocenters. The van der Waals surface area contributed by atoms with Gasteiger partial charge in [-0.25, -0.2) is 4.98 Å². The number of hydrogen-bond donors (Lipinski definition) is 1. The lowest BCUT2D eigenvalue weighted by molar-refractivity contribution is -0.141. The molecule has 2 aromatic rings. The van der Waals surface area contributed by atoms with Crippen LogP contribution in [0.3, 0.4) is 0 Å². The number of ether oxygens (including phenoxy) is 1. The molecule has 0 spiro atoms. The monoisotopic (exact) mass is 304 g/mol. The first-order valence-electron chi connectivity index (χ1n) is 7.02. The Morgan fingerprint density at radius 1 is 1.55 bits per heavy atom. The summed E-state index contributed by atoms with van der Waals surface area (Å²) in [6.45, 7) is 0.526. The Hall–Kier alpha value is -2.64. The van der Waals surface area contributed by atoms with Gasteiger partial charge in [0.05, 0.1) is 7.11 Å². The van der Waals surface area contributed by atoms with Crippen molar-refractivity contribution < 1.29 is 18.7 Å². The molecular formula is C14H16N4O4. The van der Waals surface area contributed by atoms with Crippen molar-refractivity contribution in [1.82, 2.24) is 15.3 Å². The number of pyridine rings is 1. The zero-order chi connectivity index (χ0) is 15.5. The molecule has 0 bridgehead atoms. The molecular weight excluding hydrogens is 288 g/mol. The standard InChI is InChI=1S/C14H16N4O4/c1-21-11(19)8-16-13(20)9-4-3-7-18(9)14-17-12-10(22-14)5-2-6-15-12/h2,5-6,9H,3-4,7-8H2,1H3,(H,16,20). The Labute approximate surface area is 126 Å². The minimum absolute atomic E-state index is 0.144. The van der Waals surface area contributed by atoms with Crippen LogP contribution >= 0.6 is 0 Å². The van der Waals surface area contributed by atoms with E-state index >= 15 is 0 Å². The van der Waals surface area contributed by atoms with E-state index in [2.05, 4.69) is 20.0 Å². The molecule has 1 fully saturated rings. The number of oxazole rings is 1. The predicted octanol–water partition coefficient (Wildman–Crippen LogP) is 0.481. The van der Waals surface area contributed by atoms with Crippen LogP contribution in [0.25, 0.3) is 11.2 Å². The van der Waals surface area contributed by atoms with Gasteiger partial charge in [0.2, 0.25) is 11.6 Å². The largest absolute Gasteiger partial charge is 0.468 e. The van der Waals surface area contributed by atoms with E-state index in [4.69, 9.17) is 4.42 Å². The summed E-state index contributed by atoms with van der Waals surface area (Å²) in [6.07, 6.45) is 3.17. The van der Waals surface area contributed by atoms with Crippen molar-refractivity contribution in [1.29, 1.82) is 0 Å². The number of carbonyl (C=O) groups is 2. The summed E-state index contributed by atoms with van der Waals surface area (Å²) < 4.78 is 10.2. The molecule has 1 unspecified atom stereocenters. The molecule has 0 radical (unpaired) electrons. The normalized spacial score (nSPS) is 17.7. The number of amides is 1. The maximum Gasteiger partial charge on any atom is 0.325 e. The fraction of sp³-hybridized carbons (Fsp3) is 0.429. The average molecular weight is 304 g/mol. The van der Waals surface area contributed by atoms with E-state index in [9.17, 15) is 9.59 Å². The van der Waals surface area contributed by atoms with Crippen LogP contribution in [-0.2, 0) is 14.3 Å². The van der Waals surface area contributed by atoms with Gasteiger partial charge in [-0.1, -0.05) is 0 Å². The molecule has 1 aliphatic heterocycles. The zero-order valence-corrected chi connectivity index (χ0v) is 12.1. The number of nitrogens with zero attached hydrogens (tertiary/aromatic N) is 3. The van der Waals surface area contributed by atoms with E-state index in [1.54, 1.807) is 23.2 Å². The lowest BCUT2D eigenvalue weighted by Gasteiger charge is -2.21. The Balaban J connectivity index is 1.75. The van der Waals surface area contributed by atoms with Crippen LogP contribution in [0.2, 0.25) is 0 Å². The minimum atomic E-state index is -0.482. The topological polar surface area (TPSA) is 97.6 Å². The van der Waals surface area contributed by atoms with Crippen molar-refractivity contribution in [2.75, 3.05) is 25.1 Å². The maximum atomic E-state index is 12.2. The quantitative estimate of drug-likeness (QED) is 0.820. The van der Waals surface area contributed by atoms with Gasteiger partial charge in [-0.15, -0.1) is 0 Å². The summed E-state index contributed by atoms with van der Waals surface area (Å²) in [4.78, 5) is 33.6. The summed E-state index contributed by atoms with van der Waals surface area (Å²) in [6, 6.07) is 3.52. The SMILES string of the molecule is COC(=O)CNC(=O)C1CCCN1c1nc2ncccc2o1. The second-order valence-corrected chi connectivity index (χ2v) is 4.97. The van der Waals surface area contributed by atoms with Gasteiger partial charge in [-0.3, -0.25) is 9.59 Å². The molecule has 0 aromatic carbocycles. The Kier molecular flexibility index (Phi) is 3.90. The fourth-order valence-electron chi connectivity index (χ4n) is 2.50. The summed E-state index contributed by atoms with van der Waals surface area (Å²) in [5, 5.41) is 2.57. The fourth-order valence-corrected chi connectivity index (χ4v) is 2.50. The predicted molar refractivity (Wildman–Crippen MR) is 77.2 cm³/mol. The highest BCUT2D eigenvalue weighted by Crippen LogP contribution is 2.27. The van der Waals surface area contributed by atoms with Crippen LogP contribution in [0.4, 0.5) is 6.01 Å². The third kappa shape index (κ3) is 2.72. The third-order valence-corrected chi connectivity index (χ3v) is 3.59. The van der Waals surface area contributed by atoms with Crippen molar-refractivity contribution >= 4 is 29.1 Å². The summed E-state index contributed by atoms with van der Waals surface area (Å²) in [7, 11) is 1.28. The van der Waals surface area contributed by atoms with Gasteiger partial charge in [0.15, 0.2) is 5.58 Å². The molecule has 1 saturated heterocycles. The molecule has 3 rings (SSSR count). The number of carbonyl (C=O) groups excluding carboxylic acids is 2. The van der Waals surface area contributed by atoms with E-state index in [0.29, 0.717) is 30.2 Å². The van der Waals surface area contributed by atoms with Crippen molar-refractivity contribution in [2.45, 2.75) is 18.9 Å². The third-order valence-electron chi connectivity index (χ3n) is 3.59. The number of anilines is 1. The lowest BCUT2D eigenvalue weighted by Crippen LogP contribution is -2.45. The molecule has 8 heteroatoms. The van der Waals surface area contributed by atoms with Crippen LogP contribution in [0.5, 0.6) is 0 Å². The van der Waals surface area contributed by atoms with Crippen LogP contribution in [-0.4, -0.2) is 48.1 Å². The van der Waals surface area contributed by atoms with Crippen LogP contribution in [0.15, 0.2) is 22.7 Å². The number of rotatable bonds is 4. The van der Waals surface area contributed by atoms with E-state index < -0.39 is 12.0 Å². The number of esters is 1. The molecule has 1 amide bonds. The first kappa shape index (κ1) is 14.3. The second-order valence-electron chi connectivity index (χ2n) is 4.97. The average Bonchev–Trinajstić information content (AvgIpc) is 3.17. The molecule has 22 heavy (non-hydrogen) atoms. The van der Waals surface area contributed by atoms with Gasteiger partial charge >= 0.3 is 12.0 Å². The van der Waals surface area contributed by atoms with Crippen LogP contribution in [0, 0.1) is 0 Å². The van der Waals surface area contributed by atoms with Crippen LogP contribution in [0.1, 0.15) is 12.8 Å². The minimum Gasteiger partial charge on any atom is -0.468 e. The number of fused-ring (bicyclic) bond motifs is 1. The molecule has 2 aromatic heterocycles. The summed E-state index contributed by atoms with van der Waals surface area (Å²) in [5.41, 5.74) is 1.09. The van der Waals surface area contributed by atoms with Crippen molar-refractivity contribution in [3.63, 3.8) is 0 Å². The molecule has 0 aliphatic carbocycles. The Bertz CT molecular complexity index is 666. The molecule has 8 nitrogen and oxygen atoms in total. The maximum absolute atomic E-state index is 12.2. The number of methoxy groups -OCH3 is 1. The van der Waals surface area contributed by atoms with Gasteiger partial charge in [0.25, 0.3) is 0 Å². The van der Waals surface area contributed by atoms with Gasteiger partial charge in [-0.05, 0) is 25.0 Å². The second kappa shape index (κ2) is 6.00. The lowest BCUT2D eigenvalue weighted by atomic mass is 10.2. The molecule has 0 saturated carbocycles. The highest BCUT2D eigenvalue weighted by atomic mass is 16.5. The van der Waals surface area contributed by atoms with Gasteiger partial charge in [0.1, 0.15) is 12.6 Å². The number of aromatic nitrogens is 2. The summed E-state index contributed by atoms with van der Waals surface area (Å²) in [5.74, 6) is -0.720. The van der Waals surface area contributed by atoms with Crippen molar-refractivity contribution in [2.24, 2.45) is 0 Å². The smallest absolute Gasteiger partial charge is 0.325 e. The number of hydrogen-bond acceptors (Lipinski definition) is 7.